The third kappa shape index (κ3) is 3.96. The van der Waals surface area contributed by atoms with Crippen LogP contribution in [0.2, 0.25) is 0 Å². The maximum absolute atomic E-state index is 13.5. The van der Waals surface area contributed by atoms with E-state index in [1.165, 1.54) is 12.1 Å². The number of hydrogen-bond acceptors (Lipinski definition) is 3. The van der Waals surface area contributed by atoms with Crippen molar-refractivity contribution in [1.82, 2.24) is 14.9 Å². The predicted molar refractivity (Wildman–Crippen MR) is 99.9 cm³/mol. The molecule has 4 nitrogen and oxygen atoms in total. The van der Waals surface area contributed by atoms with Gasteiger partial charge in [0.1, 0.15) is 17.3 Å². The van der Waals surface area contributed by atoms with E-state index in [0.717, 1.165) is 48.6 Å². The summed E-state index contributed by atoms with van der Waals surface area (Å²) in [5.74, 6) is 0.108. The molecule has 0 atom stereocenters. The molecule has 2 aromatic heterocycles. The van der Waals surface area contributed by atoms with Gasteiger partial charge in [0.2, 0.25) is 0 Å². The number of anilines is 1. The van der Waals surface area contributed by atoms with Crippen LogP contribution in [0.15, 0.2) is 42.6 Å². The number of nitrogens with zero attached hydrogens (tertiary/aromatic N) is 3. The van der Waals surface area contributed by atoms with Crippen molar-refractivity contribution in [3.05, 3.63) is 59.7 Å². The van der Waals surface area contributed by atoms with Gasteiger partial charge in [0, 0.05) is 49.8 Å². The zero-order valence-corrected chi connectivity index (χ0v) is 15.1. The molecule has 0 amide bonds. The average molecular weight is 392 g/mol. The Bertz CT molecular complexity index is 958. The zero-order valence-electron chi connectivity index (χ0n) is 15.1. The van der Waals surface area contributed by atoms with Crippen LogP contribution in [0.3, 0.4) is 0 Å². The van der Waals surface area contributed by atoms with Gasteiger partial charge in [-0.25, -0.2) is 9.37 Å². The number of benzene rings is 1. The summed E-state index contributed by atoms with van der Waals surface area (Å²) in [5.41, 5.74) is 1.12. The second-order valence-corrected chi connectivity index (χ2v) is 6.96. The molecule has 1 aliphatic rings. The second kappa shape index (κ2) is 7.43. The van der Waals surface area contributed by atoms with Crippen LogP contribution >= 0.6 is 0 Å². The fraction of sp³-hybridized carbons (Fsp3) is 0.350. The van der Waals surface area contributed by atoms with E-state index < -0.39 is 11.9 Å². The van der Waals surface area contributed by atoms with Crippen LogP contribution in [0, 0.1) is 5.82 Å². The average Bonchev–Trinajstić information content (AvgIpc) is 3.08. The van der Waals surface area contributed by atoms with Crippen LogP contribution in [-0.2, 0) is 12.6 Å². The fourth-order valence-corrected chi connectivity index (χ4v) is 3.59. The normalized spacial score (nSPS) is 16.1. The van der Waals surface area contributed by atoms with Gasteiger partial charge >= 0.3 is 6.18 Å². The molecule has 3 aromatic rings. The van der Waals surface area contributed by atoms with Gasteiger partial charge in [0.15, 0.2) is 0 Å². The van der Waals surface area contributed by atoms with Crippen molar-refractivity contribution in [2.45, 2.75) is 12.6 Å². The molecule has 1 saturated heterocycles. The van der Waals surface area contributed by atoms with Gasteiger partial charge in [-0.05, 0) is 42.3 Å². The van der Waals surface area contributed by atoms with E-state index in [4.69, 9.17) is 0 Å². The highest BCUT2D eigenvalue weighted by Gasteiger charge is 2.33. The molecule has 28 heavy (non-hydrogen) atoms. The number of nitrogens with one attached hydrogen (secondary N) is 1. The molecule has 8 heteroatoms. The molecule has 0 aliphatic carbocycles. The summed E-state index contributed by atoms with van der Waals surface area (Å²) in [5, 5.41) is 0.895. The fourth-order valence-electron chi connectivity index (χ4n) is 3.59. The molecule has 4 rings (SSSR count). The Morgan fingerprint density at radius 1 is 1.04 bits per heavy atom. The maximum atomic E-state index is 13.5. The predicted octanol–water partition coefficient (Wildman–Crippen LogP) is 4.09. The molecule has 3 heterocycles. The molecule has 0 saturated carbocycles. The molecule has 1 aromatic carbocycles. The van der Waals surface area contributed by atoms with Crippen LogP contribution in [0.25, 0.3) is 10.9 Å². The second-order valence-electron chi connectivity index (χ2n) is 6.96. The van der Waals surface area contributed by atoms with Crippen molar-refractivity contribution in [2.75, 3.05) is 37.6 Å². The Labute approximate surface area is 159 Å². The summed E-state index contributed by atoms with van der Waals surface area (Å²) in [6.45, 7) is 3.55. The lowest BCUT2D eigenvalue weighted by Gasteiger charge is -2.35. The molecule has 0 spiro atoms. The molecule has 1 fully saturated rings. The summed E-state index contributed by atoms with van der Waals surface area (Å²) in [6.07, 6.45) is -1.74. The van der Waals surface area contributed by atoms with Crippen molar-refractivity contribution in [2.24, 2.45) is 0 Å². The lowest BCUT2D eigenvalue weighted by Crippen LogP contribution is -2.47. The molecular formula is C20H20F4N4. The van der Waals surface area contributed by atoms with Crippen molar-refractivity contribution in [1.29, 1.82) is 0 Å². The molecule has 148 valence electrons. The van der Waals surface area contributed by atoms with E-state index in [0.29, 0.717) is 18.9 Å². The minimum Gasteiger partial charge on any atom is -0.361 e. The molecule has 0 unspecified atom stereocenters. The summed E-state index contributed by atoms with van der Waals surface area (Å²) >= 11 is 0. The Morgan fingerprint density at radius 3 is 2.57 bits per heavy atom. The van der Waals surface area contributed by atoms with Crippen LogP contribution in [0.1, 0.15) is 11.3 Å². The highest BCUT2D eigenvalue weighted by atomic mass is 19.4. The van der Waals surface area contributed by atoms with E-state index in [-0.39, 0.29) is 5.82 Å². The standard InChI is InChI=1S/C20H20F4N4/c21-15-4-5-17-16(12-15)14(13-25-17)6-7-27-8-10-28(11-9-27)19-3-1-2-18(26-19)20(22,23)24/h1-5,12-13,25H,6-11H2. The Morgan fingerprint density at radius 2 is 1.82 bits per heavy atom. The number of H-pyrrole nitrogens is 1. The summed E-state index contributed by atoms with van der Waals surface area (Å²) in [6, 6.07) is 8.71. The van der Waals surface area contributed by atoms with Crippen molar-refractivity contribution in [3.8, 4) is 0 Å². The maximum Gasteiger partial charge on any atom is 0.433 e. The first kappa shape index (κ1) is 18.7. The Kier molecular flexibility index (Phi) is 4.97. The van der Waals surface area contributed by atoms with Gasteiger partial charge < -0.3 is 9.88 Å². The number of fused-ring (bicyclic) bond motifs is 1. The van der Waals surface area contributed by atoms with Crippen LogP contribution < -0.4 is 4.90 Å². The van der Waals surface area contributed by atoms with Crippen molar-refractivity contribution in [3.63, 3.8) is 0 Å². The first-order chi connectivity index (χ1) is 13.4. The number of rotatable bonds is 4. The van der Waals surface area contributed by atoms with Crippen molar-refractivity contribution >= 4 is 16.7 Å². The molecule has 0 radical (unpaired) electrons. The molecule has 0 bridgehead atoms. The number of pyridine rings is 1. The number of piperazine rings is 1. The van der Waals surface area contributed by atoms with Gasteiger partial charge in [0.25, 0.3) is 0 Å². The first-order valence-electron chi connectivity index (χ1n) is 9.17. The largest absolute Gasteiger partial charge is 0.433 e. The first-order valence-corrected chi connectivity index (χ1v) is 9.17. The van der Waals surface area contributed by atoms with Crippen LogP contribution in [0.5, 0.6) is 0 Å². The zero-order chi connectivity index (χ0) is 19.7. The monoisotopic (exact) mass is 392 g/mol. The number of alkyl halides is 3. The van der Waals surface area contributed by atoms with Gasteiger partial charge in [0.05, 0.1) is 0 Å². The Balaban J connectivity index is 1.35. The van der Waals surface area contributed by atoms with Gasteiger partial charge in [-0.3, -0.25) is 4.90 Å². The van der Waals surface area contributed by atoms with Gasteiger partial charge in [-0.1, -0.05) is 6.07 Å². The lowest BCUT2D eigenvalue weighted by molar-refractivity contribution is -0.141. The van der Waals surface area contributed by atoms with Crippen LogP contribution in [0.4, 0.5) is 23.4 Å². The van der Waals surface area contributed by atoms with E-state index in [2.05, 4.69) is 14.9 Å². The van der Waals surface area contributed by atoms with E-state index >= 15 is 0 Å². The van der Waals surface area contributed by atoms with E-state index in [1.54, 1.807) is 18.2 Å². The number of halogens is 4. The number of aromatic amines is 1. The highest BCUT2D eigenvalue weighted by Crippen LogP contribution is 2.29. The topological polar surface area (TPSA) is 35.2 Å². The lowest BCUT2D eigenvalue weighted by atomic mass is 10.1. The van der Waals surface area contributed by atoms with Gasteiger partial charge in [-0.15, -0.1) is 0 Å². The third-order valence-corrected chi connectivity index (χ3v) is 5.15. The minimum atomic E-state index is -4.43. The van der Waals surface area contributed by atoms with Crippen molar-refractivity contribution < 1.29 is 17.6 Å². The minimum absolute atomic E-state index is 0.254. The number of hydrogen-bond donors (Lipinski definition) is 1. The highest BCUT2D eigenvalue weighted by molar-refractivity contribution is 5.83. The SMILES string of the molecule is Fc1ccc2[nH]cc(CCN3CCN(c4cccc(C(F)(F)F)n4)CC3)c2c1. The summed E-state index contributed by atoms with van der Waals surface area (Å²) in [4.78, 5) is 11.1. The van der Waals surface area contributed by atoms with E-state index in [1.807, 2.05) is 11.1 Å². The summed E-state index contributed by atoms with van der Waals surface area (Å²) < 4.78 is 52.0. The Hall–Kier alpha value is -2.61. The van der Waals surface area contributed by atoms with Gasteiger partial charge in [-0.2, -0.15) is 13.2 Å². The molecule has 1 N–H and O–H groups in total. The molecule has 1 aliphatic heterocycles. The smallest absolute Gasteiger partial charge is 0.361 e. The van der Waals surface area contributed by atoms with E-state index in [9.17, 15) is 17.6 Å². The summed E-state index contributed by atoms with van der Waals surface area (Å²) in [7, 11) is 0. The third-order valence-electron chi connectivity index (χ3n) is 5.15. The quantitative estimate of drug-likeness (QED) is 0.680. The number of aromatic nitrogens is 2. The molecular weight excluding hydrogens is 372 g/mol. The van der Waals surface area contributed by atoms with Crippen LogP contribution in [-0.4, -0.2) is 47.6 Å².